The molecular weight excluding hydrogens is 538 g/mol. The number of benzene rings is 2. The van der Waals surface area contributed by atoms with Gasteiger partial charge < -0.3 is 5.32 Å². The number of rotatable bonds is 4. The summed E-state index contributed by atoms with van der Waals surface area (Å²) in [6.07, 6.45) is 0. The van der Waals surface area contributed by atoms with Crippen molar-refractivity contribution in [2.45, 2.75) is 26.2 Å². The highest BCUT2D eigenvalue weighted by Gasteiger charge is 2.30. The molecule has 138 valence electrons. The van der Waals surface area contributed by atoms with E-state index in [-0.39, 0.29) is 17.1 Å². The lowest BCUT2D eigenvalue weighted by Crippen LogP contribution is -2.16. The maximum atomic E-state index is 11.6. The molecule has 0 spiro atoms. The van der Waals surface area contributed by atoms with Crippen molar-refractivity contribution in [3.05, 3.63) is 63.5 Å². The maximum Gasteiger partial charge on any atom is 0.299 e. The second kappa shape index (κ2) is 7.61. The molecule has 0 saturated heterocycles. The second-order valence-electron chi connectivity index (χ2n) is 6.52. The average Bonchev–Trinajstić information content (AvgIpc) is 2.48. The molecule has 0 fully saturated rings. The Morgan fingerprint density at radius 2 is 1.42 bits per heavy atom. The monoisotopic (exact) mass is 549 g/mol. The van der Waals surface area contributed by atoms with Gasteiger partial charge in [-0.3, -0.25) is 20.2 Å². The lowest BCUT2D eigenvalue weighted by atomic mass is 9.84. The fourth-order valence-corrected chi connectivity index (χ4v) is 4.83. The molecule has 0 atom stereocenters. The lowest BCUT2D eigenvalue weighted by Gasteiger charge is -2.24. The van der Waals surface area contributed by atoms with Gasteiger partial charge in [0.25, 0.3) is 11.4 Å². The Morgan fingerprint density at radius 3 is 1.85 bits per heavy atom. The molecule has 1 N–H and O–H groups in total. The fourth-order valence-electron chi connectivity index (χ4n) is 2.37. The van der Waals surface area contributed by atoms with Crippen molar-refractivity contribution in [1.82, 2.24) is 0 Å². The molecule has 0 aromatic heterocycles. The number of nitro groups is 2. The van der Waals surface area contributed by atoms with Gasteiger partial charge in [0, 0.05) is 19.5 Å². The van der Waals surface area contributed by atoms with Crippen LogP contribution in [0.5, 0.6) is 0 Å². The molecule has 0 saturated carbocycles. The molecule has 10 heteroatoms. The molecular formula is C16H14Br3N3O4. The molecule has 7 nitrogen and oxygen atoms in total. The zero-order chi connectivity index (χ0) is 19.8. The summed E-state index contributed by atoms with van der Waals surface area (Å²) in [5.74, 6) is 0. The van der Waals surface area contributed by atoms with Crippen LogP contribution in [0.3, 0.4) is 0 Å². The summed E-state index contributed by atoms with van der Waals surface area (Å²) in [5.41, 5.74) is 0.0347. The third-order valence-electron chi connectivity index (χ3n) is 3.57. The van der Waals surface area contributed by atoms with Crippen molar-refractivity contribution in [2.24, 2.45) is 0 Å². The first-order valence-corrected chi connectivity index (χ1v) is 9.68. The number of non-ortho nitro benzene ring substituents is 1. The van der Waals surface area contributed by atoms with Crippen molar-refractivity contribution >= 4 is 70.5 Å². The first-order chi connectivity index (χ1) is 11.9. The van der Waals surface area contributed by atoms with E-state index in [2.05, 4.69) is 53.1 Å². The number of nitro benzene ring substituents is 2. The van der Waals surface area contributed by atoms with Crippen LogP contribution >= 0.6 is 47.8 Å². The van der Waals surface area contributed by atoms with Crippen LogP contribution in [0.4, 0.5) is 22.7 Å². The van der Waals surface area contributed by atoms with Gasteiger partial charge in [-0.05, 0) is 55.0 Å². The Bertz CT molecular complexity index is 887. The molecule has 0 aliphatic heterocycles. The number of anilines is 2. The largest absolute Gasteiger partial charge is 0.348 e. The van der Waals surface area contributed by atoms with Crippen LogP contribution in [-0.2, 0) is 5.41 Å². The predicted molar refractivity (Wildman–Crippen MR) is 111 cm³/mol. The van der Waals surface area contributed by atoms with E-state index in [9.17, 15) is 20.2 Å². The Hall–Kier alpha value is -1.52. The van der Waals surface area contributed by atoms with Gasteiger partial charge >= 0.3 is 0 Å². The summed E-state index contributed by atoms with van der Waals surface area (Å²) in [4.78, 5) is 21.6. The van der Waals surface area contributed by atoms with Crippen LogP contribution in [0, 0.1) is 20.2 Å². The summed E-state index contributed by atoms with van der Waals surface area (Å²) in [7, 11) is 0. The molecule has 0 heterocycles. The van der Waals surface area contributed by atoms with Gasteiger partial charge in [0.1, 0.15) is 5.69 Å². The van der Waals surface area contributed by atoms with E-state index in [1.807, 2.05) is 20.8 Å². The fraction of sp³-hybridized carbons (Fsp3) is 0.250. The highest BCUT2D eigenvalue weighted by Crippen LogP contribution is 2.44. The summed E-state index contributed by atoms with van der Waals surface area (Å²) in [6, 6.07) is 5.93. The van der Waals surface area contributed by atoms with Gasteiger partial charge in [-0.2, -0.15) is 0 Å². The molecule has 0 unspecified atom stereocenters. The minimum Gasteiger partial charge on any atom is -0.348 e. The number of nitrogens with one attached hydrogen (secondary N) is 1. The minimum absolute atomic E-state index is 0.219. The highest BCUT2D eigenvalue weighted by molar-refractivity contribution is 9.11. The van der Waals surface area contributed by atoms with E-state index in [1.165, 1.54) is 6.07 Å². The Labute approximate surface area is 174 Å². The molecule has 0 bridgehead atoms. The van der Waals surface area contributed by atoms with Gasteiger partial charge in [0.05, 0.1) is 21.6 Å². The Balaban J connectivity index is 2.78. The van der Waals surface area contributed by atoms with E-state index in [1.54, 1.807) is 12.1 Å². The summed E-state index contributed by atoms with van der Waals surface area (Å²) < 4.78 is 2.16. The van der Waals surface area contributed by atoms with E-state index < -0.39 is 15.3 Å². The lowest BCUT2D eigenvalue weighted by molar-refractivity contribution is -0.393. The number of nitrogens with zero attached hydrogens (tertiary/aromatic N) is 2. The summed E-state index contributed by atoms with van der Waals surface area (Å²) in [5, 5.41) is 25.9. The molecule has 0 aliphatic rings. The van der Waals surface area contributed by atoms with Gasteiger partial charge in [0.2, 0.25) is 0 Å². The predicted octanol–water partition coefficient (Wildman–Crippen LogP) is 6.83. The van der Waals surface area contributed by atoms with Crippen molar-refractivity contribution in [3.8, 4) is 0 Å². The van der Waals surface area contributed by atoms with E-state index >= 15 is 0 Å². The van der Waals surface area contributed by atoms with Gasteiger partial charge in [-0.1, -0.05) is 36.7 Å². The van der Waals surface area contributed by atoms with Gasteiger partial charge in [0.15, 0.2) is 0 Å². The normalized spacial score (nSPS) is 11.3. The minimum atomic E-state index is -0.627. The standard InChI is InChI=1S/C16H14Br3N3O4/c1-16(2,3)10-6-9(21(23)24)7-13(22(25)26)14(10)20-15-11(18)4-8(17)5-12(15)19/h4-7,20H,1-3H3. The smallest absolute Gasteiger partial charge is 0.299 e. The average molecular weight is 552 g/mol. The SMILES string of the molecule is CC(C)(C)c1cc([N+](=O)[O-])cc([N+](=O)[O-])c1Nc1c(Br)cc(Br)cc1Br. The molecule has 2 aromatic rings. The zero-order valence-electron chi connectivity index (χ0n) is 14.0. The van der Waals surface area contributed by atoms with Gasteiger partial charge in [-0.15, -0.1) is 0 Å². The molecule has 26 heavy (non-hydrogen) atoms. The molecule has 0 radical (unpaired) electrons. The third kappa shape index (κ3) is 4.41. The molecule has 0 amide bonds. The van der Waals surface area contributed by atoms with Crippen molar-refractivity contribution in [1.29, 1.82) is 0 Å². The van der Waals surface area contributed by atoms with Crippen LogP contribution in [0.1, 0.15) is 26.3 Å². The number of hydrogen-bond acceptors (Lipinski definition) is 5. The van der Waals surface area contributed by atoms with Crippen molar-refractivity contribution in [3.63, 3.8) is 0 Å². The zero-order valence-corrected chi connectivity index (χ0v) is 18.7. The molecule has 2 aromatic carbocycles. The first kappa shape index (κ1) is 20.8. The van der Waals surface area contributed by atoms with E-state index in [0.717, 1.165) is 10.5 Å². The maximum absolute atomic E-state index is 11.6. The van der Waals surface area contributed by atoms with Crippen LogP contribution in [-0.4, -0.2) is 9.85 Å². The summed E-state index contributed by atoms with van der Waals surface area (Å²) >= 11 is 10.2. The van der Waals surface area contributed by atoms with Crippen LogP contribution < -0.4 is 5.32 Å². The van der Waals surface area contributed by atoms with Gasteiger partial charge in [-0.25, -0.2) is 0 Å². The van der Waals surface area contributed by atoms with Crippen LogP contribution in [0.2, 0.25) is 0 Å². The van der Waals surface area contributed by atoms with Crippen molar-refractivity contribution in [2.75, 3.05) is 5.32 Å². The topological polar surface area (TPSA) is 98.3 Å². The number of hydrogen-bond donors (Lipinski definition) is 1. The highest BCUT2D eigenvalue weighted by atomic mass is 79.9. The number of halogens is 3. The Morgan fingerprint density at radius 1 is 0.885 bits per heavy atom. The molecule has 0 aliphatic carbocycles. The summed E-state index contributed by atoms with van der Waals surface area (Å²) in [6.45, 7) is 5.52. The third-order valence-corrected chi connectivity index (χ3v) is 5.28. The van der Waals surface area contributed by atoms with E-state index in [0.29, 0.717) is 20.2 Å². The van der Waals surface area contributed by atoms with E-state index in [4.69, 9.17) is 0 Å². The quantitative estimate of drug-likeness (QED) is 0.331. The first-order valence-electron chi connectivity index (χ1n) is 7.30. The Kier molecular flexibility index (Phi) is 6.09. The van der Waals surface area contributed by atoms with Crippen LogP contribution in [0.15, 0.2) is 37.7 Å². The second-order valence-corrected chi connectivity index (χ2v) is 9.15. The molecule has 2 rings (SSSR count). The van der Waals surface area contributed by atoms with Crippen molar-refractivity contribution < 1.29 is 9.85 Å². The van der Waals surface area contributed by atoms with Crippen LogP contribution in [0.25, 0.3) is 0 Å².